The van der Waals surface area contributed by atoms with Gasteiger partial charge in [0.25, 0.3) is 0 Å². The fourth-order valence-electron chi connectivity index (χ4n) is 2.97. The first-order valence-corrected chi connectivity index (χ1v) is 16.4. The van der Waals surface area contributed by atoms with Crippen LogP contribution in [0.4, 0.5) is 0 Å². The van der Waals surface area contributed by atoms with Gasteiger partial charge in [0.2, 0.25) is 0 Å². The molecule has 6 heteroatoms. The summed E-state index contributed by atoms with van der Waals surface area (Å²) in [4.78, 5) is 12.6. The first kappa shape index (κ1) is 24.3. The Labute approximate surface area is 179 Å². The van der Waals surface area contributed by atoms with E-state index in [4.69, 9.17) is 13.6 Å². The predicted molar refractivity (Wildman–Crippen MR) is 124 cm³/mol. The summed E-state index contributed by atoms with van der Waals surface area (Å²) in [5.41, 5.74) is 0.0527. The normalized spacial score (nSPS) is 23.9. The Morgan fingerprint density at radius 1 is 0.966 bits per heavy atom. The molecular formula is C23H40O4Si2. The van der Waals surface area contributed by atoms with Crippen molar-refractivity contribution in [1.29, 1.82) is 0 Å². The summed E-state index contributed by atoms with van der Waals surface area (Å²) in [5, 5.41) is 0.116. The third kappa shape index (κ3) is 5.03. The zero-order valence-corrected chi connectivity index (χ0v) is 22.0. The molecule has 0 aliphatic carbocycles. The zero-order chi connectivity index (χ0) is 22.3. The Hall–Kier alpha value is -0.956. The lowest BCUT2D eigenvalue weighted by Crippen LogP contribution is -2.53. The van der Waals surface area contributed by atoms with E-state index in [1.165, 1.54) is 0 Å². The van der Waals surface area contributed by atoms with Gasteiger partial charge < -0.3 is 13.6 Å². The molecule has 164 valence electrons. The van der Waals surface area contributed by atoms with Gasteiger partial charge in [-0.15, -0.1) is 0 Å². The van der Waals surface area contributed by atoms with Crippen LogP contribution in [0, 0.1) is 0 Å². The molecule has 0 aromatic heterocycles. The standard InChI is InChI=1S/C23H40O4Si2/c1-21(2,3)28(7,8)25-17-23(18-14-12-11-13-15-18)19(16-20(24)26-23)27-29(9,10)22(4,5)6/h11-15,19H,16-17H2,1-10H3/t19-,23+/m1/s1. The van der Waals surface area contributed by atoms with Gasteiger partial charge in [-0.25, -0.2) is 0 Å². The molecule has 4 nitrogen and oxygen atoms in total. The van der Waals surface area contributed by atoms with E-state index in [1.807, 2.05) is 30.3 Å². The van der Waals surface area contributed by atoms with Crippen molar-refractivity contribution in [3.63, 3.8) is 0 Å². The monoisotopic (exact) mass is 436 g/mol. The Morgan fingerprint density at radius 2 is 1.48 bits per heavy atom. The van der Waals surface area contributed by atoms with Gasteiger partial charge in [0.1, 0.15) is 6.10 Å². The van der Waals surface area contributed by atoms with E-state index in [2.05, 4.69) is 67.7 Å². The maximum Gasteiger partial charge on any atom is 0.309 e. The van der Waals surface area contributed by atoms with Crippen molar-refractivity contribution in [3.8, 4) is 0 Å². The van der Waals surface area contributed by atoms with E-state index in [1.54, 1.807) is 0 Å². The highest BCUT2D eigenvalue weighted by atomic mass is 28.4. The fourth-order valence-corrected chi connectivity index (χ4v) is 5.32. The summed E-state index contributed by atoms with van der Waals surface area (Å²) in [6, 6.07) is 10.00. The smallest absolute Gasteiger partial charge is 0.309 e. The minimum absolute atomic E-state index is 0.0430. The van der Waals surface area contributed by atoms with Crippen molar-refractivity contribution in [2.24, 2.45) is 0 Å². The lowest BCUT2D eigenvalue weighted by atomic mass is 9.89. The number of carbonyl (C=O) groups is 1. The Morgan fingerprint density at radius 3 is 1.97 bits per heavy atom. The molecule has 2 rings (SSSR count). The number of ether oxygens (including phenoxy) is 1. The molecule has 1 fully saturated rings. The second-order valence-corrected chi connectivity index (χ2v) is 20.9. The summed E-state index contributed by atoms with van der Waals surface area (Å²) in [6.45, 7) is 22.5. The van der Waals surface area contributed by atoms with Crippen molar-refractivity contribution < 1.29 is 18.4 Å². The van der Waals surface area contributed by atoms with Crippen LogP contribution in [0.5, 0.6) is 0 Å². The highest BCUT2D eigenvalue weighted by molar-refractivity contribution is 6.74. The van der Waals surface area contributed by atoms with Crippen molar-refractivity contribution in [3.05, 3.63) is 35.9 Å². The van der Waals surface area contributed by atoms with Crippen LogP contribution >= 0.6 is 0 Å². The molecule has 1 saturated heterocycles. The molecule has 0 radical (unpaired) electrons. The fraction of sp³-hybridized carbons (Fsp3) is 0.696. The van der Waals surface area contributed by atoms with Crippen molar-refractivity contribution in [2.45, 2.75) is 95.9 Å². The molecule has 0 spiro atoms. The highest BCUT2D eigenvalue weighted by Gasteiger charge is 2.56. The van der Waals surface area contributed by atoms with E-state index < -0.39 is 22.2 Å². The second-order valence-electron chi connectivity index (χ2n) is 11.3. The van der Waals surface area contributed by atoms with Gasteiger partial charge in [-0.3, -0.25) is 4.79 Å². The average molecular weight is 437 g/mol. The van der Waals surface area contributed by atoms with Crippen LogP contribution in [0.25, 0.3) is 0 Å². The molecule has 0 unspecified atom stereocenters. The van der Waals surface area contributed by atoms with Crippen LogP contribution in [0.15, 0.2) is 30.3 Å². The first-order chi connectivity index (χ1) is 13.0. The lowest BCUT2D eigenvalue weighted by molar-refractivity contribution is -0.156. The van der Waals surface area contributed by atoms with Gasteiger partial charge in [0.15, 0.2) is 22.2 Å². The van der Waals surface area contributed by atoms with Crippen LogP contribution < -0.4 is 0 Å². The minimum Gasteiger partial charge on any atom is -0.449 e. The lowest BCUT2D eigenvalue weighted by Gasteiger charge is -2.44. The van der Waals surface area contributed by atoms with Gasteiger partial charge in [0.05, 0.1) is 13.0 Å². The predicted octanol–water partition coefficient (Wildman–Crippen LogP) is 6.24. The van der Waals surface area contributed by atoms with E-state index >= 15 is 0 Å². The number of hydrogen-bond donors (Lipinski definition) is 0. The largest absolute Gasteiger partial charge is 0.449 e. The number of cyclic esters (lactones) is 1. The van der Waals surface area contributed by atoms with Crippen LogP contribution in [0.3, 0.4) is 0 Å². The number of carbonyl (C=O) groups excluding carboxylic acids is 1. The SMILES string of the molecule is CC(C)(C)[Si](C)(C)OC[C@@]1(c2ccccc2)OC(=O)C[C@H]1O[Si](C)(C)C(C)(C)C. The van der Waals surface area contributed by atoms with Crippen LogP contribution in [0.1, 0.15) is 53.5 Å². The molecule has 1 aromatic rings. The van der Waals surface area contributed by atoms with Crippen molar-refractivity contribution >= 4 is 22.6 Å². The summed E-state index contributed by atoms with van der Waals surface area (Å²) in [6.07, 6.45) is -0.0783. The molecule has 1 heterocycles. The third-order valence-corrected chi connectivity index (χ3v) is 16.1. The molecule has 2 atom stereocenters. The quantitative estimate of drug-likeness (QED) is 0.391. The molecule has 29 heavy (non-hydrogen) atoms. The Kier molecular flexibility index (Phi) is 6.66. The molecular weight excluding hydrogens is 396 g/mol. The number of esters is 1. The highest BCUT2D eigenvalue weighted by Crippen LogP contribution is 2.46. The van der Waals surface area contributed by atoms with Crippen LogP contribution in [0.2, 0.25) is 36.3 Å². The molecule has 0 amide bonds. The van der Waals surface area contributed by atoms with E-state index in [0.717, 1.165) is 5.56 Å². The maximum absolute atomic E-state index is 12.6. The Balaban J connectivity index is 2.47. The summed E-state index contributed by atoms with van der Waals surface area (Å²) < 4.78 is 19.5. The Bertz CT molecular complexity index is 717. The number of benzene rings is 1. The van der Waals surface area contributed by atoms with E-state index in [9.17, 15) is 4.79 Å². The topological polar surface area (TPSA) is 44.8 Å². The second kappa shape index (κ2) is 7.95. The molecule has 0 saturated carbocycles. The minimum atomic E-state index is -2.11. The van der Waals surface area contributed by atoms with Crippen LogP contribution in [-0.4, -0.2) is 35.3 Å². The van der Waals surface area contributed by atoms with Gasteiger partial charge in [-0.1, -0.05) is 71.9 Å². The van der Waals surface area contributed by atoms with Gasteiger partial charge in [0, 0.05) is 5.56 Å². The summed E-state index contributed by atoms with van der Waals surface area (Å²) in [7, 11) is -4.14. The number of hydrogen-bond acceptors (Lipinski definition) is 4. The maximum atomic E-state index is 12.6. The van der Waals surface area contributed by atoms with Crippen LogP contribution in [-0.2, 0) is 24.0 Å². The average Bonchev–Trinajstić information content (AvgIpc) is 2.87. The zero-order valence-electron chi connectivity index (χ0n) is 20.0. The van der Waals surface area contributed by atoms with E-state index in [0.29, 0.717) is 6.61 Å². The van der Waals surface area contributed by atoms with E-state index in [-0.39, 0.29) is 28.6 Å². The van der Waals surface area contributed by atoms with Crippen molar-refractivity contribution in [1.82, 2.24) is 0 Å². The van der Waals surface area contributed by atoms with Gasteiger partial charge >= 0.3 is 5.97 Å². The van der Waals surface area contributed by atoms with Gasteiger partial charge in [-0.2, -0.15) is 0 Å². The number of rotatable bonds is 6. The first-order valence-electron chi connectivity index (χ1n) is 10.6. The summed E-state index contributed by atoms with van der Waals surface area (Å²) in [5.74, 6) is -0.212. The molecule has 1 aliphatic rings. The molecule has 1 aromatic carbocycles. The van der Waals surface area contributed by atoms with Gasteiger partial charge in [-0.05, 0) is 36.3 Å². The molecule has 0 N–H and O–H groups in total. The molecule has 0 bridgehead atoms. The summed E-state index contributed by atoms with van der Waals surface area (Å²) >= 11 is 0. The third-order valence-electron chi connectivity index (χ3n) is 7.13. The molecule has 1 aliphatic heterocycles. The van der Waals surface area contributed by atoms with Crippen molar-refractivity contribution in [2.75, 3.05) is 6.61 Å².